The van der Waals surface area contributed by atoms with Crippen molar-refractivity contribution < 1.29 is 17.9 Å². The molecule has 3 rings (SSSR count). The molecule has 0 amide bonds. The van der Waals surface area contributed by atoms with Crippen LogP contribution in [0.1, 0.15) is 42.5 Å². The highest BCUT2D eigenvalue weighted by Crippen LogP contribution is 2.19. The Balaban J connectivity index is 1.80. The Hall–Kier alpha value is -3.11. The average molecular weight is 430 g/mol. The van der Waals surface area contributed by atoms with Gasteiger partial charge in [-0.05, 0) is 68.0 Å². The van der Waals surface area contributed by atoms with Gasteiger partial charge in [0, 0.05) is 5.54 Å². The van der Waals surface area contributed by atoms with Gasteiger partial charge in [-0.25, -0.2) is 17.9 Å². The van der Waals surface area contributed by atoms with Gasteiger partial charge < -0.3 is 4.74 Å². The number of aryl methyl sites for hydroxylation is 1. The van der Waals surface area contributed by atoms with Gasteiger partial charge in [-0.15, -0.1) is 5.10 Å². The van der Waals surface area contributed by atoms with E-state index >= 15 is 0 Å². The Labute approximate surface area is 175 Å². The van der Waals surface area contributed by atoms with Crippen LogP contribution in [-0.4, -0.2) is 40.1 Å². The van der Waals surface area contributed by atoms with Crippen LogP contribution in [0.3, 0.4) is 0 Å². The van der Waals surface area contributed by atoms with Gasteiger partial charge in [-0.3, -0.25) is 0 Å². The minimum atomic E-state index is -3.79. The summed E-state index contributed by atoms with van der Waals surface area (Å²) in [6.45, 7) is 6.76. The molecule has 0 aliphatic carbocycles. The molecule has 1 heterocycles. The molecule has 0 saturated heterocycles. The van der Waals surface area contributed by atoms with Crippen molar-refractivity contribution in [3.63, 3.8) is 0 Å². The number of nitrogens with zero attached hydrogens (tertiary/aromatic N) is 4. The summed E-state index contributed by atoms with van der Waals surface area (Å²) in [5.74, 6) is -0.326. The van der Waals surface area contributed by atoms with E-state index in [0.717, 1.165) is 5.69 Å². The lowest BCUT2D eigenvalue weighted by molar-refractivity contribution is 0.0458. The van der Waals surface area contributed by atoms with Crippen molar-refractivity contribution >= 4 is 16.0 Å². The summed E-state index contributed by atoms with van der Waals surface area (Å²) < 4.78 is 34.6. The Morgan fingerprint density at radius 1 is 1.13 bits per heavy atom. The van der Waals surface area contributed by atoms with E-state index in [4.69, 9.17) is 4.74 Å². The van der Waals surface area contributed by atoms with Gasteiger partial charge in [0.25, 0.3) is 0 Å². The van der Waals surface area contributed by atoms with Crippen LogP contribution in [0, 0.1) is 6.92 Å². The molecule has 158 valence electrons. The van der Waals surface area contributed by atoms with E-state index in [1.165, 1.54) is 16.8 Å². The molecule has 30 heavy (non-hydrogen) atoms. The predicted molar refractivity (Wildman–Crippen MR) is 110 cm³/mol. The van der Waals surface area contributed by atoms with Gasteiger partial charge in [0.2, 0.25) is 10.0 Å². The van der Waals surface area contributed by atoms with Crippen molar-refractivity contribution in [2.45, 2.75) is 44.7 Å². The number of para-hydroxylation sites is 1. The van der Waals surface area contributed by atoms with Crippen LogP contribution >= 0.6 is 0 Å². The number of sulfonamides is 1. The van der Waals surface area contributed by atoms with Gasteiger partial charge in [0.05, 0.1) is 16.1 Å². The fourth-order valence-corrected chi connectivity index (χ4v) is 4.17. The smallest absolute Gasteiger partial charge is 0.338 e. The van der Waals surface area contributed by atoms with Crippen molar-refractivity contribution in [3.8, 4) is 5.69 Å². The Kier molecular flexibility index (Phi) is 5.99. The summed E-state index contributed by atoms with van der Waals surface area (Å²) in [5, 5.41) is 11.4. The second kappa shape index (κ2) is 8.33. The maximum absolute atomic E-state index is 12.7. The number of carbonyl (C=O) groups excluding carboxylic acids is 1. The lowest BCUT2D eigenvalue weighted by Gasteiger charge is -2.20. The normalized spacial score (nSPS) is 12.0. The fourth-order valence-electron chi connectivity index (χ4n) is 2.72. The zero-order valence-corrected chi connectivity index (χ0v) is 18.0. The van der Waals surface area contributed by atoms with Crippen molar-refractivity contribution in [2.75, 3.05) is 0 Å². The Morgan fingerprint density at radius 2 is 1.83 bits per heavy atom. The molecule has 0 fully saturated rings. The van der Waals surface area contributed by atoms with E-state index in [0.29, 0.717) is 11.4 Å². The number of tetrazole rings is 1. The molecule has 3 aromatic rings. The predicted octanol–water partition coefficient (Wildman–Crippen LogP) is 2.40. The molecule has 1 N–H and O–H groups in total. The second-order valence-corrected chi connectivity index (χ2v) is 9.43. The topological polar surface area (TPSA) is 116 Å². The number of rotatable bonds is 6. The monoisotopic (exact) mass is 429 g/mol. The summed E-state index contributed by atoms with van der Waals surface area (Å²) >= 11 is 0. The molecule has 9 nitrogen and oxygen atoms in total. The highest BCUT2D eigenvalue weighted by atomic mass is 32.2. The molecule has 0 bridgehead atoms. The van der Waals surface area contributed by atoms with Crippen LogP contribution in [0.15, 0.2) is 53.4 Å². The number of benzene rings is 2. The molecule has 0 atom stereocenters. The molecule has 0 unspecified atom stereocenters. The molecule has 0 radical (unpaired) electrons. The Morgan fingerprint density at radius 3 is 2.50 bits per heavy atom. The van der Waals surface area contributed by atoms with Crippen LogP contribution in [0.4, 0.5) is 0 Å². The average Bonchev–Trinajstić information content (AvgIpc) is 3.13. The zero-order valence-electron chi connectivity index (χ0n) is 17.2. The molecule has 1 aromatic heterocycles. The molecular weight excluding hydrogens is 406 g/mol. The minimum Gasteiger partial charge on any atom is -0.454 e. The SMILES string of the molecule is Cc1ccc(S(=O)(=O)NC(C)(C)C)cc1C(=O)OCc1nnnn1-c1ccccc1. The number of hydrogen-bond donors (Lipinski definition) is 1. The number of carbonyl (C=O) groups is 1. The quantitative estimate of drug-likeness (QED) is 0.598. The zero-order chi connectivity index (χ0) is 21.9. The summed E-state index contributed by atoms with van der Waals surface area (Å²) in [5.41, 5.74) is 0.827. The summed E-state index contributed by atoms with van der Waals surface area (Å²) in [6.07, 6.45) is 0. The third kappa shape index (κ3) is 5.08. The largest absolute Gasteiger partial charge is 0.454 e. The van der Waals surface area contributed by atoms with Crippen LogP contribution in [0.25, 0.3) is 5.69 Å². The molecule has 0 aliphatic heterocycles. The standard InChI is InChI=1S/C20H23N5O4S/c1-14-10-11-16(30(27,28)22-20(2,3)4)12-17(14)19(26)29-13-18-21-23-24-25(18)15-8-6-5-7-9-15/h5-12,22H,13H2,1-4H3. The van der Waals surface area contributed by atoms with Crippen LogP contribution < -0.4 is 4.72 Å². The van der Waals surface area contributed by atoms with Crippen molar-refractivity contribution in [3.05, 3.63) is 65.5 Å². The van der Waals surface area contributed by atoms with E-state index in [1.807, 2.05) is 30.3 Å². The first-order chi connectivity index (χ1) is 14.1. The van der Waals surface area contributed by atoms with Gasteiger partial charge in [0.15, 0.2) is 12.4 Å². The molecule has 2 aromatic carbocycles. The third-order valence-corrected chi connectivity index (χ3v) is 5.80. The summed E-state index contributed by atoms with van der Waals surface area (Å²) in [7, 11) is -3.79. The van der Waals surface area contributed by atoms with Crippen LogP contribution in [0.2, 0.25) is 0 Å². The number of nitrogens with one attached hydrogen (secondary N) is 1. The van der Waals surface area contributed by atoms with Crippen molar-refractivity contribution in [1.82, 2.24) is 24.9 Å². The maximum Gasteiger partial charge on any atom is 0.338 e. The van der Waals surface area contributed by atoms with E-state index in [1.54, 1.807) is 33.8 Å². The van der Waals surface area contributed by atoms with Gasteiger partial charge in [-0.1, -0.05) is 24.3 Å². The van der Waals surface area contributed by atoms with E-state index in [9.17, 15) is 13.2 Å². The molecular formula is C20H23N5O4S. The van der Waals surface area contributed by atoms with Gasteiger partial charge >= 0.3 is 5.97 Å². The lowest BCUT2D eigenvalue weighted by Crippen LogP contribution is -2.40. The first-order valence-electron chi connectivity index (χ1n) is 9.21. The van der Waals surface area contributed by atoms with Crippen molar-refractivity contribution in [1.29, 1.82) is 0 Å². The first-order valence-corrected chi connectivity index (χ1v) is 10.7. The van der Waals surface area contributed by atoms with Crippen molar-refractivity contribution in [2.24, 2.45) is 0 Å². The third-order valence-electron chi connectivity index (χ3n) is 4.05. The first kappa shape index (κ1) is 21.6. The second-order valence-electron chi connectivity index (χ2n) is 7.75. The summed E-state index contributed by atoms with van der Waals surface area (Å²) in [6, 6.07) is 13.5. The van der Waals surface area contributed by atoms with Gasteiger partial charge in [-0.2, -0.15) is 4.68 Å². The number of aromatic nitrogens is 4. The highest BCUT2D eigenvalue weighted by Gasteiger charge is 2.24. The van der Waals surface area contributed by atoms with E-state index < -0.39 is 21.5 Å². The molecule has 0 aliphatic rings. The number of ether oxygens (including phenoxy) is 1. The molecule has 0 spiro atoms. The van der Waals surface area contributed by atoms with E-state index in [2.05, 4.69) is 20.2 Å². The number of esters is 1. The molecule has 0 saturated carbocycles. The van der Waals surface area contributed by atoms with E-state index in [-0.39, 0.29) is 17.1 Å². The lowest BCUT2D eigenvalue weighted by atomic mass is 10.1. The van der Waals surface area contributed by atoms with Crippen LogP contribution in [-0.2, 0) is 21.4 Å². The van der Waals surface area contributed by atoms with Gasteiger partial charge in [0.1, 0.15) is 0 Å². The number of hydrogen-bond acceptors (Lipinski definition) is 7. The fraction of sp³-hybridized carbons (Fsp3) is 0.300. The highest BCUT2D eigenvalue weighted by molar-refractivity contribution is 7.89. The summed E-state index contributed by atoms with van der Waals surface area (Å²) in [4.78, 5) is 12.6. The maximum atomic E-state index is 12.7. The minimum absolute atomic E-state index is 0.0101. The molecule has 10 heteroatoms. The van der Waals surface area contributed by atoms with Crippen LogP contribution in [0.5, 0.6) is 0 Å². The Bertz CT molecular complexity index is 1150.